The van der Waals surface area contributed by atoms with Crippen LogP contribution in [0.1, 0.15) is 31.6 Å². The van der Waals surface area contributed by atoms with E-state index in [9.17, 15) is 9.59 Å². The molecule has 35 heavy (non-hydrogen) atoms. The van der Waals surface area contributed by atoms with Crippen LogP contribution < -0.4 is 24.4 Å². The molecule has 2 atom stereocenters. The van der Waals surface area contributed by atoms with Gasteiger partial charge in [0.15, 0.2) is 11.5 Å². The summed E-state index contributed by atoms with van der Waals surface area (Å²) in [5, 5.41) is 3.06. The average molecular weight is 479 g/mol. The highest BCUT2D eigenvalue weighted by Crippen LogP contribution is 2.42. The quantitative estimate of drug-likeness (QED) is 0.486. The van der Waals surface area contributed by atoms with Crippen LogP contribution in [0.15, 0.2) is 48.7 Å². The first-order valence-corrected chi connectivity index (χ1v) is 11.5. The smallest absolute Gasteiger partial charge is 0.227 e. The highest BCUT2D eigenvalue weighted by Gasteiger charge is 2.37. The molecule has 2 heterocycles. The Morgan fingerprint density at radius 2 is 1.83 bits per heavy atom. The van der Waals surface area contributed by atoms with Crippen molar-refractivity contribution < 1.29 is 23.8 Å². The van der Waals surface area contributed by atoms with Crippen LogP contribution in [-0.2, 0) is 9.59 Å². The van der Waals surface area contributed by atoms with Crippen LogP contribution in [0.4, 0.5) is 5.69 Å². The Labute approximate surface area is 204 Å². The molecular formula is C26H30N4O5. The number of benzene rings is 2. The SMILES string of the molecule is CCC(NC(=O)C1CC(=O)N(c2cc(OC)c(OC)c(OC)c2)C1)c1ncc(-c2ccccc2)[nH]1. The molecule has 0 aliphatic carbocycles. The van der Waals surface area contributed by atoms with Gasteiger partial charge < -0.3 is 29.4 Å². The number of aromatic nitrogens is 2. The second kappa shape index (κ2) is 10.5. The molecular weight excluding hydrogens is 448 g/mol. The summed E-state index contributed by atoms with van der Waals surface area (Å²) in [6.07, 6.45) is 2.54. The zero-order valence-corrected chi connectivity index (χ0v) is 20.3. The Bertz CT molecular complexity index is 1170. The number of ether oxygens (including phenoxy) is 3. The molecule has 0 spiro atoms. The molecule has 4 rings (SSSR count). The molecule has 1 aromatic heterocycles. The van der Waals surface area contributed by atoms with Crippen LogP contribution in [-0.4, -0.2) is 49.7 Å². The van der Waals surface area contributed by atoms with E-state index in [4.69, 9.17) is 14.2 Å². The highest BCUT2D eigenvalue weighted by atomic mass is 16.5. The van der Waals surface area contributed by atoms with Gasteiger partial charge in [-0.05, 0) is 12.0 Å². The van der Waals surface area contributed by atoms with Crippen LogP contribution in [0.2, 0.25) is 0 Å². The summed E-state index contributed by atoms with van der Waals surface area (Å²) in [6, 6.07) is 13.0. The lowest BCUT2D eigenvalue weighted by Crippen LogP contribution is -2.35. The third kappa shape index (κ3) is 4.94. The van der Waals surface area contributed by atoms with Crippen molar-refractivity contribution in [3.05, 3.63) is 54.5 Å². The van der Waals surface area contributed by atoms with Gasteiger partial charge in [0.1, 0.15) is 5.82 Å². The number of hydrogen-bond donors (Lipinski definition) is 2. The minimum Gasteiger partial charge on any atom is -0.493 e. The fourth-order valence-electron chi connectivity index (χ4n) is 4.29. The van der Waals surface area contributed by atoms with E-state index in [1.807, 2.05) is 37.3 Å². The topological polar surface area (TPSA) is 106 Å². The first-order chi connectivity index (χ1) is 17.0. The van der Waals surface area contributed by atoms with Crippen molar-refractivity contribution in [2.45, 2.75) is 25.8 Å². The van der Waals surface area contributed by atoms with E-state index in [1.54, 1.807) is 23.2 Å². The van der Waals surface area contributed by atoms with Gasteiger partial charge in [0.25, 0.3) is 0 Å². The summed E-state index contributed by atoms with van der Waals surface area (Å²) >= 11 is 0. The Hall–Kier alpha value is -4.01. The summed E-state index contributed by atoms with van der Waals surface area (Å²) in [5.74, 6) is 1.21. The van der Waals surface area contributed by atoms with Gasteiger partial charge in [0, 0.05) is 25.1 Å². The van der Waals surface area contributed by atoms with E-state index >= 15 is 0 Å². The number of H-pyrrole nitrogens is 1. The molecule has 9 nitrogen and oxygen atoms in total. The number of aromatic amines is 1. The largest absolute Gasteiger partial charge is 0.493 e. The maximum Gasteiger partial charge on any atom is 0.227 e. The summed E-state index contributed by atoms with van der Waals surface area (Å²) in [5.41, 5.74) is 2.50. The molecule has 3 aromatic rings. The molecule has 184 valence electrons. The Kier molecular flexibility index (Phi) is 7.24. The third-order valence-electron chi connectivity index (χ3n) is 6.19. The number of hydrogen-bond acceptors (Lipinski definition) is 6. The molecule has 1 saturated heterocycles. The van der Waals surface area contributed by atoms with Crippen LogP contribution in [0.5, 0.6) is 17.2 Å². The maximum absolute atomic E-state index is 13.1. The Balaban J connectivity index is 1.48. The van der Waals surface area contributed by atoms with Gasteiger partial charge in [0.2, 0.25) is 17.6 Å². The second-order valence-corrected chi connectivity index (χ2v) is 8.31. The Morgan fingerprint density at radius 1 is 1.14 bits per heavy atom. The Morgan fingerprint density at radius 3 is 2.43 bits per heavy atom. The lowest BCUT2D eigenvalue weighted by molar-refractivity contribution is -0.127. The molecule has 0 bridgehead atoms. The monoisotopic (exact) mass is 478 g/mol. The maximum atomic E-state index is 13.1. The lowest BCUT2D eigenvalue weighted by Gasteiger charge is -2.21. The number of nitrogens with zero attached hydrogens (tertiary/aromatic N) is 2. The number of imidazole rings is 1. The van der Waals surface area contributed by atoms with E-state index < -0.39 is 5.92 Å². The number of carbonyl (C=O) groups excluding carboxylic acids is 2. The molecule has 9 heteroatoms. The number of methoxy groups -OCH3 is 3. The van der Waals surface area contributed by atoms with Crippen molar-refractivity contribution in [2.24, 2.45) is 5.92 Å². The van der Waals surface area contributed by atoms with Crippen LogP contribution in [0, 0.1) is 5.92 Å². The first kappa shape index (κ1) is 24.1. The van der Waals surface area contributed by atoms with E-state index in [0.717, 1.165) is 11.3 Å². The summed E-state index contributed by atoms with van der Waals surface area (Å²) in [4.78, 5) is 35.4. The first-order valence-electron chi connectivity index (χ1n) is 11.5. The molecule has 2 amide bonds. The van der Waals surface area contributed by atoms with E-state index in [1.165, 1.54) is 21.3 Å². The van der Waals surface area contributed by atoms with Gasteiger partial charge in [-0.2, -0.15) is 0 Å². The fourth-order valence-corrected chi connectivity index (χ4v) is 4.29. The van der Waals surface area contributed by atoms with Crippen LogP contribution >= 0.6 is 0 Å². The second-order valence-electron chi connectivity index (χ2n) is 8.31. The third-order valence-corrected chi connectivity index (χ3v) is 6.19. The van der Waals surface area contributed by atoms with Gasteiger partial charge in [-0.3, -0.25) is 9.59 Å². The number of rotatable bonds is 9. The van der Waals surface area contributed by atoms with Gasteiger partial charge in [-0.15, -0.1) is 0 Å². The lowest BCUT2D eigenvalue weighted by atomic mass is 10.1. The number of nitrogens with one attached hydrogen (secondary N) is 2. The zero-order chi connectivity index (χ0) is 24.9. The summed E-state index contributed by atoms with van der Waals surface area (Å²) < 4.78 is 16.2. The number of anilines is 1. The predicted molar refractivity (Wildman–Crippen MR) is 132 cm³/mol. The molecule has 0 saturated carbocycles. The molecule has 1 aliphatic heterocycles. The van der Waals surface area contributed by atoms with Crippen molar-refractivity contribution in [3.63, 3.8) is 0 Å². The van der Waals surface area contributed by atoms with Crippen molar-refractivity contribution >= 4 is 17.5 Å². The highest BCUT2D eigenvalue weighted by molar-refractivity contribution is 6.00. The van der Waals surface area contributed by atoms with E-state index in [0.29, 0.717) is 35.2 Å². The predicted octanol–water partition coefficient (Wildman–Crippen LogP) is 3.72. The summed E-state index contributed by atoms with van der Waals surface area (Å²) in [7, 11) is 4.56. The fraction of sp³-hybridized carbons (Fsp3) is 0.346. The standard InChI is InChI=1S/C26H30N4O5/c1-5-19(25-27-14-20(28-25)16-9-7-6-8-10-16)29-26(32)17-11-23(31)30(15-17)18-12-21(33-2)24(35-4)22(13-18)34-3/h6-10,12-14,17,19H,5,11,15H2,1-4H3,(H,27,28)(H,29,32). The van der Waals surface area contributed by atoms with Crippen molar-refractivity contribution in [1.82, 2.24) is 15.3 Å². The molecule has 2 N–H and O–H groups in total. The van der Waals surface area contributed by atoms with E-state index in [2.05, 4.69) is 15.3 Å². The van der Waals surface area contributed by atoms with Crippen LogP contribution in [0.25, 0.3) is 11.3 Å². The van der Waals surface area contributed by atoms with Gasteiger partial charge >= 0.3 is 0 Å². The van der Waals surface area contributed by atoms with Gasteiger partial charge in [0.05, 0.1) is 50.9 Å². The number of amides is 2. The van der Waals surface area contributed by atoms with Crippen molar-refractivity contribution in [1.29, 1.82) is 0 Å². The zero-order valence-electron chi connectivity index (χ0n) is 20.3. The number of carbonyl (C=O) groups is 2. The molecule has 1 fully saturated rings. The normalized spacial score (nSPS) is 16.2. The molecule has 1 aliphatic rings. The van der Waals surface area contributed by atoms with Gasteiger partial charge in [-0.25, -0.2) is 4.98 Å². The summed E-state index contributed by atoms with van der Waals surface area (Å²) in [6.45, 7) is 2.24. The van der Waals surface area contributed by atoms with E-state index in [-0.39, 0.29) is 30.8 Å². The minimum absolute atomic E-state index is 0.117. The van der Waals surface area contributed by atoms with Crippen molar-refractivity contribution in [3.8, 4) is 28.5 Å². The van der Waals surface area contributed by atoms with Crippen molar-refractivity contribution in [2.75, 3.05) is 32.8 Å². The van der Waals surface area contributed by atoms with Crippen LogP contribution in [0.3, 0.4) is 0 Å². The molecule has 0 radical (unpaired) electrons. The molecule has 2 aromatic carbocycles. The van der Waals surface area contributed by atoms with Gasteiger partial charge in [-0.1, -0.05) is 37.3 Å². The minimum atomic E-state index is -0.487. The average Bonchev–Trinajstić information content (AvgIpc) is 3.54. The molecule has 2 unspecified atom stereocenters.